The van der Waals surface area contributed by atoms with Gasteiger partial charge in [0.25, 0.3) is 0 Å². The minimum Gasteiger partial charge on any atom is -0.355 e. The Hall–Kier alpha value is -1.35. The van der Waals surface area contributed by atoms with Crippen LogP contribution in [-0.2, 0) is 4.79 Å². The van der Waals surface area contributed by atoms with E-state index in [0.717, 1.165) is 31.4 Å². The van der Waals surface area contributed by atoms with Crippen molar-refractivity contribution >= 4 is 23.7 Å². The lowest BCUT2D eigenvalue weighted by Gasteiger charge is -2.16. The van der Waals surface area contributed by atoms with E-state index < -0.39 is 0 Å². The van der Waals surface area contributed by atoms with Gasteiger partial charge in [-0.3, -0.25) is 4.79 Å². The summed E-state index contributed by atoms with van der Waals surface area (Å²) in [5.74, 6) is 6.84. The van der Waals surface area contributed by atoms with Crippen LogP contribution in [0.2, 0.25) is 0 Å². The van der Waals surface area contributed by atoms with Gasteiger partial charge >= 0.3 is 6.03 Å². The monoisotopic (exact) mass is 309 g/mol. The number of urea groups is 1. The minimum atomic E-state index is -0.0372. The number of unbranched alkanes of at least 4 members (excludes halogenated alkanes) is 1. The SMILES string of the molecule is CC#CCCNC(=O)CCCCC1SCC2NC(=O)NC21. The molecule has 0 aromatic rings. The van der Waals surface area contributed by atoms with Crippen molar-refractivity contribution in [1.29, 1.82) is 0 Å². The number of nitrogens with one attached hydrogen (secondary N) is 3. The third-order valence-electron chi connectivity index (χ3n) is 3.83. The van der Waals surface area contributed by atoms with Crippen LogP contribution in [0.1, 0.15) is 39.0 Å². The first-order chi connectivity index (χ1) is 10.2. The van der Waals surface area contributed by atoms with Crippen LogP contribution < -0.4 is 16.0 Å². The van der Waals surface area contributed by atoms with Crippen molar-refractivity contribution < 1.29 is 9.59 Å². The van der Waals surface area contributed by atoms with Crippen LogP contribution in [0.25, 0.3) is 0 Å². The molecule has 2 aliphatic heterocycles. The first-order valence-electron chi connectivity index (χ1n) is 7.55. The second kappa shape index (κ2) is 8.18. The van der Waals surface area contributed by atoms with Gasteiger partial charge in [0.15, 0.2) is 0 Å². The van der Waals surface area contributed by atoms with Crippen LogP contribution in [0.5, 0.6) is 0 Å². The Kier molecular flexibility index (Phi) is 6.24. The Bertz CT molecular complexity index is 444. The summed E-state index contributed by atoms with van der Waals surface area (Å²) in [5.41, 5.74) is 0. The second-order valence-electron chi connectivity index (χ2n) is 5.39. The van der Waals surface area contributed by atoms with Crippen molar-refractivity contribution in [2.24, 2.45) is 0 Å². The molecule has 116 valence electrons. The third-order valence-corrected chi connectivity index (χ3v) is 5.34. The van der Waals surface area contributed by atoms with Crippen LogP contribution in [0.4, 0.5) is 4.79 Å². The molecule has 2 saturated heterocycles. The van der Waals surface area contributed by atoms with Gasteiger partial charge in [0.2, 0.25) is 5.91 Å². The predicted molar refractivity (Wildman–Crippen MR) is 85.0 cm³/mol. The maximum atomic E-state index is 11.6. The smallest absolute Gasteiger partial charge is 0.315 e. The van der Waals surface area contributed by atoms with E-state index in [9.17, 15) is 9.59 Å². The molecule has 0 spiro atoms. The molecule has 2 rings (SSSR count). The van der Waals surface area contributed by atoms with Crippen molar-refractivity contribution in [3.05, 3.63) is 0 Å². The van der Waals surface area contributed by atoms with Crippen molar-refractivity contribution in [3.63, 3.8) is 0 Å². The summed E-state index contributed by atoms with van der Waals surface area (Å²) < 4.78 is 0. The summed E-state index contributed by atoms with van der Waals surface area (Å²) in [6.07, 6.45) is 4.29. The summed E-state index contributed by atoms with van der Waals surface area (Å²) in [5, 5.41) is 9.29. The average molecular weight is 309 g/mol. The van der Waals surface area contributed by atoms with Crippen molar-refractivity contribution in [3.8, 4) is 11.8 Å². The molecule has 2 heterocycles. The van der Waals surface area contributed by atoms with Crippen molar-refractivity contribution in [2.45, 2.75) is 56.4 Å². The first kappa shape index (κ1) is 16.0. The van der Waals surface area contributed by atoms with Gasteiger partial charge in [-0.25, -0.2) is 4.79 Å². The number of carbonyl (C=O) groups excluding carboxylic acids is 2. The highest BCUT2D eigenvalue weighted by atomic mass is 32.2. The molecule has 0 aliphatic carbocycles. The van der Waals surface area contributed by atoms with Gasteiger partial charge in [-0.15, -0.1) is 11.8 Å². The number of fused-ring (bicyclic) bond motifs is 1. The van der Waals surface area contributed by atoms with E-state index >= 15 is 0 Å². The van der Waals surface area contributed by atoms with Gasteiger partial charge in [-0.05, 0) is 19.8 Å². The fourth-order valence-electron chi connectivity index (χ4n) is 2.75. The predicted octanol–water partition coefficient (Wildman–Crippen LogP) is 1.24. The molecule has 0 aromatic carbocycles. The fraction of sp³-hybridized carbons (Fsp3) is 0.733. The Morgan fingerprint density at radius 1 is 1.43 bits per heavy atom. The van der Waals surface area contributed by atoms with Crippen LogP contribution in [-0.4, -0.2) is 41.6 Å². The summed E-state index contributed by atoms with van der Waals surface area (Å²) >= 11 is 1.92. The molecule has 2 fully saturated rings. The van der Waals surface area contributed by atoms with Gasteiger partial charge in [0, 0.05) is 30.4 Å². The zero-order chi connectivity index (χ0) is 15.1. The Labute approximate surface area is 130 Å². The molecule has 3 unspecified atom stereocenters. The lowest BCUT2D eigenvalue weighted by Crippen LogP contribution is -2.36. The zero-order valence-corrected chi connectivity index (χ0v) is 13.2. The van der Waals surface area contributed by atoms with Gasteiger partial charge in [-0.2, -0.15) is 11.8 Å². The summed E-state index contributed by atoms with van der Waals surface area (Å²) in [6, 6.07) is 0.518. The highest BCUT2D eigenvalue weighted by Crippen LogP contribution is 2.33. The van der Waals surface area contributed by atoms with E-state index in [2.05, 4.69) is 27.8 Å². The highest BCUT2D eigenvalue weighted by Gasteiger charge is 2.42. The van der Waals surface area contributed by atoms with Gasteiger partial charge in [0.1, 0.15) is 0 Å². The van der Waals surface area contributed by atoms with Gasteiger partial charge < -0.3 is 16.0 Å². The zero-order valence-electron chi connectivity index (χ0n) is 12.4. The number of rotatable bonds is 7. The molecule has 3 N–H and O–H groups in total. The van der Waals surface area contributed by atoms with E-state index in [-0.39, 0.29) is 24.0 Å². The number of hydrogen-bond acceptors (Lipinski definition) is 3. The molecule has 0 bridgehead atoms. The molecule has 21 heavy (non-hydrogen) atoms. The molecule has 2 aliphatic rings. The molecule has 0 radical (unpaired) electrons. The minimum absolute atomic E-state index is 0.0372. The molecule has 5 nitrogen and oxygen atoms in total. The Morgan fingerprint density at radius 2 is 2.29 bits per heavy atom. The van der Waals surface area contributed by atoms with Gasteiger partial charge in [0.05, 0.1) is 12.1 Å². The largest absolute Gasteiger partial charge is 0.355 e. The molecular weight excluding hydrogens is 286 g/mol. The average Bonchev–Trinajstić information content (AvgIpc) is 2.99. The fourth-order valence-corrected chi connectivity index (χ4v) is 4.30. The maximum Gasteiger partial charge on any atom is 0.315 e. The maximum absolute atomic E-state index is 11.6. The van der Waals surface area contributed by atoms with Crippen molar-refractivity contribution in [1.82, 2.24) is 16.0 Å². The number of thioether (sulfide) groups is 1. The summed E-state index contributed by atoms with van der Waals surface area (Å²) in [4.78, 5) is 22.9. The normalized spacial score (nSPS) is 26.3. The van der Waals surface area contributed by atoms with Crippen molar-refractivity contribution in [2.75, 3.05) is 12.3 Å². The first-order valence-corrected chi connectivity index (χ1v) is 8.60. The number of carbonyl (C=O) groups is 2. The van der Waals surface area contributed by atoms with Gasteiger partial charge in [-0.1, -0.05) is 6.42 Å². The summed E-state index contributed by atoms with van der Waals surface area (Å²) in [6.45, 7) is 2.44. The van der Waals surface area contributed by atoms with E-state index in [1.165, 1.54) is 0 Å². The molecule has 3 amide bonds. The van der Waals surface area contributed by atoms with Crippen LogP contribution in [0, 0.1) is 11.8 Å². The Balaban J connectivity index is 1.54. The Morgan fingerprint density at radius 3 is 3.10 bits per heavy atom. The molecule has 3 atom stereocenters. The molecular formula is C15H23N3O2S. The molecule has 0 aromatic heterocycles. The number of amides is 3. The van der Waals surface area contributed by atoms with Crippen LogP contribution in [0.3, 0.4) is 0 Å². The third kappa shape index (κ3) is 4.85. The lowest BCUT2D eigenvalue weighted by molar-refractivity contribution is -0.121. The van der Waals surface area contributed by atoms with Crippen LogP contribution in [0.15, 0.2) is 0 Å². The van der Waals surface area contributed by atoms with E-state index in [4.69, 9.17) is 0 Å². The number of hydrogen-bond donors (Lipinski definition) is 3. The van der Waals surface area contributed by atoms with E-state index in [1.807, 2.05) is 11.8 Å². The molecule has 6 heteroatoms. The topological polar surface area (TPSA) is 70.2 Å². The highest BCUT2D eigenvalue weighted by molar-refractivity contribution is 8.00. The second-order valence-corrected chi connectivity index (χ2v) is 6.67. The van der Waals surface area contributed by atoms with E-state index in [0.29, 0.717) is 18.2 Å². The van der Waals surface area contributed by atoms with Crippen LogP contribution >= 0.6 is 11.8 Å². The molecule has 0 saturated carbocycles. The summed E-state index contributed by atoms with van der Waals surface area (Å²) in [7, 11) is 0. The quantitative estimate of drug-likeness (QED) is 0.376. The lowest BCUT2D eigenvalue weighted by atomic mass is 10.0. The van der Waals surface area contributed by atoms with E-state index in [1.54, 1.807) is 6.92 Å². The standard InChI is InChI=1S/C15H23N3O2S/c1-2-3-6-9-16-13(19)8-5-4-7-12-14-11(10-21-12)17-15(20)18-14/h11-12,14H,4-10H2,1H3,(H,16,19)(H2,17,18,20).